The van der Waals surface area contributed by atoms with Gasteiger partial charge in [-0.2, -0.15) is 0 Å². The van der Waals surface area contributed by atoms with Gasteiger partial charge in [0.15, 0.2) is 0 Å². The number of ether oxygens (including phenoxy) is 1. The number of unbranched alkanes of at least 4 members (excludes halogenated alkanes) is 9. The Hall–Kier alpha value is -1.09. The van der Waals surface area contributed by atoms with E-state index in [-0.39, 0.29) is 0 Å². The summed E-state index contributed by atoms with van der Waals surface area (Å²) in [5, 5.41) is 9.32. The second-order valence-electron chi connectivity index (χ2n) is 6.08. The van der Waals surface area contributed by atoms with Crippen molar-refractivity contribution in [2.75, 3.05) is 0 Å². The van der Waals surface area contributed by atoms with E-state index in [4.69, 9.17) is 0 Å². The van der Waals surface area contributed by atoms with Crippen molar-refractivity contribution in [1.82, 2.24) is 0 Å². The van der Waals surface area contributed by atoms with Crippen LogP contribution < -0.4 is 0 Å². The number of allylic oxidation sites excluding steroid dienone is 3. The molecule has 3 heteroatoms. The molecule has 0 aromatic rings. The summed E-state index contributed by atoms with van der Waals surface area (Å²) in [4.78, 5) is 10.6. The van der Waals surface area contributed by atoms with Crippen molar-refractivity contribution in [3.05, 3.63) is 24.3 Å². The van der Waals surface area contributed by atoms with E-state index in [0.717, 1.165) is 6.42 Å². The summed E-state index contributed by atoms with van der Waals surface area (Å²) < 4.78 is 4.63. The normalized spacial score (nSPS) is 13.0. The Balaban J connectivity index is 3.24. The third-order valence-corrected chi connectivity index (χ3v) is 3.69. The number of rotatable bonds is 15. The predicted molar refractivity (Wildman–Crippen MR) is 97.1 cm³/mol. The molecular weight excluding hydrogens is 288 g/mol. The molecule has 1 atom stereocenters. The molecule has 0 aliphatic carbocycles. The molecule has 0 heterocycles. The molecule has 0 saturated carbocycles. The predicted octanol–water partition coefficient (Wildman–Crippen LogP) is 5.68. The van der Waals surface area contributed by atoms with Gasteiger partial charge in [0, 0.05) is 13.3 Å². The Bertz CT molecular complexity index is 321. The summed E-state index contributed by atoms with van der Waals surface area (Å²) in [6, 6.07) is 0. The molecule has 0 amide bonds. The molecule has 0 aliphatic heterocycles. The van der Waals surface area contributed by atoms with Crippen LogP contribution in [-0.2, 0) is 9.53 Å². The van der Waals surface area contributed by atoms with Crippen LogP contribution in [0.5, 0.6) is 0 Å². The first-order valence-electron chi connectivity index (χ1n) is 9.32. The standard InChI is InChI=1S/C20H36O3/c1-3-4-5-6-7-8-9-10-11-12-13-14-15-16-17-18-20(22)23-19(2)21/h6-7,16-17,20,22H,3-5,8-15,18H2,1-2H3/b7-6-,17-16+. The highest BCUT2D eigenvalue weighted by Crippen LogP contribution is 2.10. The molecule has 0 aliphatic rings. The summed E-state index contributed by atoms with van der Waals surface area (Å²) >= 11 is 0. The van der Waals surface area contributed by atoms with Gasteiger partial charge in [0.2, 0.25) is 6.29 Å². The Labute approximate surface area is 142 Å². The molecule has 0 radical (unpaired) electrons. The Morgan fingerprint density at radius 3 is 1.87 bits per heavy atom. The van der Waals surface area contributed by atoms with E-state index >= 15 is 0 Å². The van der Waals surface area contributed by atoms with E-state index in [0.29, 0.717) is 6.42 Å². The van der Waals surface area contributed by atoms with Crippen molar-refractivity contribution in [3.8, 4) is 0 Å². The number of carbonyl (C=O) groups excluding carboxylic acids is 1. The van der Waals surface area contributed by atoms with Crippen LogP contribution in [0, 0.1) is 0 Å². The molecule has 1 N–H and O–H groups in total. The molecule has 23 heavy (non-hydrogen) atoms. The van der Waals surface area contributed by atoms with Crippen molar-refractivity contribution in [2.45, 2.75) is 97.2 Å². The lowest BCUT2D eigenvalue weighted by Crippen LogP contribution is -2.13. The summed E-state index contributed by atoms with van der Waals surface area (Å²) in [6.45, 7) is 3.53. The van der Waals surface area contributed by atoms with Gasteiger partial charge in [-0.25, -0.2) is 0 Å². The van der Waals surface area contributed by atoms with Crippen LogP contribution >= 0.6 is 0 Å². The zero-order valence-corrected chi connectivity index (χ0v) is 15.1. The van der Waals surface area contributed by atoms with Crippen molar-refractivity contribution in [1.29, 1.82) is 0 Å². The lowest BCUT2D eigenvalue weighted by atomic mass is 10.1. The highest BCUT2D eigenvalue weighted by Gasteiger charge is 2.03. The molecular formula is C20H36O3. The molecule has 1 unspecified atom stereocenters. The van der Waals surface area contributed by atoms with Crippen LogP contribution in [0.25, 0.3) is 0 Å². The number of esters is 1. The minimum Gasteiger partial charge on any atom is -0.436 e. The van der Waals surface area contributed by atoms with E-state index in [1.54, 1.807) is 0 Å². The molecule has 0 saturated heterocycles. The molecule has 134 valence electrons. The van der Waals surface area contributed by atoms with Crippen LogP contribution in [0.1, 0.15) is 90.9 Å². The topological polar surface area (TPSA) is 46.5 Å². The monoisotopic (exact) mass is 324 g/mol. The smallest absolute Gasteiger partial charge is 0.304 e. The molecule has 0 spiro atoms. The van der Waals surface area contributed by atoms with Gasteiger partial charge in [0.1, 0.15) is 0 Å². The van der Waals surface area contributed by atoms with Gasteiger partial charge in [0.25, 0.3) is 0 Å². The maximum Gasteiger partial charge on any atom is 0.304 e. The van der Waals surface area contributed by atoms with Crippen molar-refractivity contribution in [3.63, 3.8) is 0 Å². The second-order valence-corrected chi connectivity index (χ2v) is 6.08. The maximum atomic E-state index is 10.6. The fourth-order valence-corrected chi connectivity index (χ4v) is 2.36. The Morgan fingerprint density at radius 1 is 0.870 bits per heavy atom. The number of hydrogen-bond donors (Lipinski definition) is 1. The highest BCUT2D eigenvalue weighted by atomic mass is 16.6. The van der Waals surface area contributed by atoms with Crippen LogP contribution in [-0.4, -0.2) is 17.4 Å². The first kappa shape index (κ1) is 21.9. The Morgan fingerprint density at radius 2 is 1.35 bits per heavy atom. The fourth-order valence-electron chi connectivity index (χ4n) is 2.36. The van der Waals surface area contributed by atoms with Crippen LogP contribution in [0.4, 0.5) is 0 Å². The lowest BCUT2D eigenvalue weighted by molar-refractivity contribution is -0.164. The van der Waals surface area contributed by atoms with Crippen LogP contribution in [0.2, 0.25) is 0 Å². The molecule has 0 aromatic carbocycles. The zero-order chi connectivity index (χ0) is 17.2. The van der Waals surface area contributed by atoms with Gasteiger partial charge in [-0.05, 0) is 32.1 Å². The van der Waals surface area contributed by atoms with E-state index < -0.39 is 12.3 Å². The first-order valence-corrected chi connectivity index (χ1v) is 9.32. The summed E-state index contributed by atoms with van der Waals surface area (Å²) in [5.41, 5.74) is 0. The third-order valence-electron chi connectivity index (χ3n) is 3.69. The van der Waals surface area contributed by atoms with Gasteiger partial charge in [-0.1, -0.05) is 69.8 Å². The van der Waals surface area contributed by atoms with E-state index in [1.807, 2.05) is 6.08 Å². The average molecular weight is 325 g/mol. The second kappa shape index (κ2) is 17.3. The van der Waals surface area contributed by atoms with Crippen molar-refractivity contribution < 1.29 is 14.6 Å². The maximum absolute atomic E-state index is 10.6. The minimum atomic E-state index is -1.00. The van der Waals surface area contributed by atoms with Gasteiger partial charge >= 0.3 is 5.97 Å². The summed E-state index contributed by atoms with van der Waals surface area (Å²) in [6.07, 6.45) is 21.9. The van der Waals surface area contributed by atoms with Crippen LogP contribution in [0.15, 0.2) is 24.3 Å². The van der Waals surface area contributed by atoms with Crippen molar-refractivity contribution >= 4 is 5.97 Å². The third kappa shape index (κ3) is 18.9. The first-order chi connectivity index (χ1) is 11.2. The zero-order valence-electron chi connectivity index (χ0n) is 15.1. The van der Waals surface area contributed by atoms with Crippen LogP contribution in [0.3, 0.4) is 0 Å². The largest absolute Gasteiger partial charge is 0.436 e. The summed E-state index contributed by atoms with van der Waals surface area (Å²) in [7, 11) is 0. The van der Waals surface area contributed by atoms with Gasteiger partial charge < -0.3 is 9.84 Å². The fraction of sp³-hybridized carbons (Fsp3) is 0.750. The van der Waals surface area contributed by atoms with E-state index in [2.05, 4.69) is 29.9 Å². The van der Waals surface area contributed by atoms with Gasteiger partial charge in [-0.3, -0.25) is 4.79 Å². The van der Waals surface area contributed by atoms with E-state index in [9.17, 15) is 9.90 Å². The molecule has 0 rings (SSSR count). The quantitative estimate of drug-likeness (QED) is 0.182. The van der Waals surface area contributed by atoms with Crippen molar-refractivity contribution in [2.24, 2.45) is 0 Å². The molecule has 0 bridgehead atoms. The molecule has 0 aromatic heterocycles. The SMILES string of the molecule is CCCC/C=C\CCCCCCCC/C=C/CC(O)OC(C)=O. The number of carbonyl (C=O) groups is 1. The number of aliphatic hydroxyl groups excluding tert-OH is 1. The number of hydrogen-bond acceptors (Lipinski definition) is 3. The average Bonchev–Trinajstić information content (AvgIpc) is 2.50. The minimum absolute atomic E-state index is 0.380. The lowest BCUT2D eigenvalue weighted by Gasteiger charge is -2.06. The van der Waals surface area contributed by atoms with E-state index in [1.165, 1.54) is 71.1 Å². The molecule has 3 nitrogen and oxygen atoms in total. The number of aliphatic hydroxyl groups is 1. The van der Waals surface area contributed by atoms with Gasteiger partial charge in [0.05, 0.1) is 0 Å². The Kier molecular flexibility index (Phi) is 16.4. The summed E-state index contributed by atoms with van der Waals surface area (Å²) in [5.74, 6) is -0.442. The van der Waals surface area contributed by atoms with Gasteiger partial charge in [-0.15, -0.1) is 0 Å². The molecule has 0 fully saturated rings. The highest BCUT2D eigenvalue weighted by molar-refractivity contribution is 5.66.